The molecular formula is C10H7FN2O2. The van der Waals surface area contributed by atoms with Crippen LogP contribution in [0.4, 0.5) is 4.39 Å². The van der Waals surface area contributed by atoms with Crippen molar-refractivity contribution >= 4 is 16.7 Å². The Balaban J connectivity index is 2.92. The lowest BCUT2D eigenvalue weighted by molar-refractivity contribution is 0.100. The first-order chi connectivity index (χ1) is 7.09. The van der Waals surface area contributed by atoms with Crippen LogP contribution in [-0.2, 0) is 0 Å². The topological polar surface area (TPSA) is 62.8 Å². The van der Waals surface area contributed by atoms with Crippen LogP contribution in [-0.4, -0.2) is 15.8 Å². The molecule has 1 aromatic heterocycles. The zero-order valence-electron chi connectivity index (χ0n) is 7.87. The number of halogens is 1. The van der Waals surface area contributed by atoms with Crippen molar-refractivity contribution in [2.45, 2.75) is 6.92 Å². The molecule has 0 radical (unpaired) electrons. The molecule has 1 N–H and O–H groups in total. The average Bonchev–Trinajstić information content (AvgIpc) is 2.19. The summed E-state index contributed by atoms with van der Waals surface area (Å²) in [5, 5.41) is 0.139. The van der Waals surface area contributed by atoms with Gasteiger partial charge < -0.3 is 4.98 Å². The number of carbonyl (C=O) groups is 1. The van der Waals surface area contributed by atoms with Gasteiger partial charge in [0.05, 0.1) is 5.39 Å². The fourth-order valence-corrected chi connectivity index (χ4v) is 1.29. The van der Waals surface area contributed by atoms with Crippen molar-refractivity contribution in [3.63, 3.8) is 0 Å². The number of fused-ring (bicyclic) bond motifs is 1. The van der Waals surface area contributed by atoms with Gasteiger partial charge in [0.1, 0.15) is 11.3 Å². The molecule has 2 rings (SSSR count). The molecule has 2 aromatic rings. The normalized spacial score (nSPS) is 10.5. The van der Waals surface area contributed by atoms with E-state index in [2.05, 4.69) is 9.97 Å². The molecule has 0 atom stereocenters. The highest BCUT2D eigenvalue weighted by Gasteiger charge is 2.09. The van der Waals surface area contributed by atoms with Crippen molar-refractivity contribution in [1.82, 2.24) is 9.97 Å². The molecule has 76 valence electrons. The Hall–Kier alpha value is -2.04. The molecular weight excluding hydrogens is 199 g/mol. The lowest BCUT2D eigenvalue weighted by atomic mass is 10.2. The lowest BCUT2D eigenvalue weighted by Crippen LogP contribution is -2.14. The highest BCUT2D eigenvalue weighted by Crippen LogP contribution is 2.11. The number of nitrogens with one attached hydrogen (secondary N) is 1. The second-order valence-electron chi connectivity index (χ2n) is 3.11. The summed E-state index contributed by atoms with van der Waals surface area (Å²) < 4.78 is 13.3. The van der Waals surface area contributed by atoms with Crippen LogP contribution in [0.3, 0.4) is 0 Å². The van der Waals surface area contributed by atoms with E-state index in [-0.39, 0.29) is 16.7 Å². The van der Waals surface area contributed by atoms with E-state index >= 15 is 0 Å². The number of ketones is 1. The van der Waals surface area contributed by atoms with Gasteiger partial charge in [0.2, 0.25) is 0 Å². The predicted molar refractivity (Wildman–Crippen MR) is 52.3 cm³/mol. The van der Waals surface area contributed by atoms with Crippen molar-refractivity contribution in [3.05, 3.63) is 40.2 Å². The predicted octanol–water partition coefficient (Wildman–Crippen LogP) is 1.26. The number of Topliss-reactive ketones (excluding diaryl/α,β-unsaturated/α-hetero) is 1. The quantitative estimate of drug-likeness (QED) is 0.714. The van der Waals surface area contributed by atoms with E-state index in [1.54, 1.807) is 0 Å². The van der Waals surface area contributed by atoms with Gasteiger partial charge in [-0.1, -0.05) is 6.07 Å². The number of hydrogen-bond acceptors (Lipinski definition) is 3. The molecule has 0 spiro atoms. The van der Waals surface area contributed by atoms with E-state index in [0.29, 0.717) is 0 Å². The van der Waals surface area contributed by atoms with E-state index in [1.807, 2.05) is 0 Å². The molecule has 0 aliphatic rings. The average molecular weight is 206 g/mol. The number of para-hydroxylation sites is 1. The summed E-state index contributed by atoms with van der Waals surface area (Å²) in [6.07, 6.45) is 0. The van der Waals surface area contributed by atoms with Crippen LogP contribution >= 0.6 is 0 Å². The van der Waals surface area contributed by atoms with Crippen LogP contribution in [0.25, 0.3) is 10.9 Å². The summed E-state index contributed by atoms with van der Waals surface area (Å²) in [5.74, 6) is -1.14. The number of nitrogens with zero attached hydrogens (tertiary/aromatic N) is 1. The number of aromatic nitrogens is 2. The summed E-state index contributed by atoms with van der Waals surface area (Å²) in [4.78, 5) is 28.5. The van der Waals surface area contributed by atoms with Crippen molar-refractivity contribution in [2.75, 3.05) is 0 Å². The molecule has 0 saturated heterocycles. The smallest absolute Gasteiger partial charge is 0.259 e. The minimum absolute atomic E-state index is 0.0774. The molecule has 0 saturated carbocycles. The van der Waals surface area contributed by atoms with Crippen LogP contribution in [0, 0.1) is 5.82 Å². The highest BCUT2D eigenvalue weighted by molar-refractivity contribution is 5.92. The molecule has 0 aliphatic heterocycles. The number of hydrogen-bond donors (Lipinski definition) is 1. The van der Waals surface area contributed by atoms with Gasteiger partial charge in [-0.3, -0.25) is 9.59 Å². The minimum atomic E-state index is -0.610. The van der Waals surface area contributed by atoms with Crippen molar-refractivity contribution < 1.29 is 9.18 Å². The van der Waals surface area contributed by atoms with Crippen LogP contribution in [0.2, 0.25) is 0 Å². The SMILES string of the molecule is CC(=O)c1nc2c(F)cccc2c(=O)[nH]1. The molecule has 0 fully saturated rings. The third kappa shape index (κ3) is 1.52. The summed E-state index contributed by atoms with van der Waals surface area (Å²) in [6.45, 7) is 1.25. The van der Waals surface area contributed by atoms with Gasteiger partial charge in [-0.25, -0.2) is 9.37 Å². The van der Waals surface area contributed by atoms with Gasteiger partial charge in [0, 0.05) is 6.92 Å². The molecule has 0 aliphatic carbocycles. The van der Waals surface area contributed by atoms with Crippen molar-refractivity contribution in [2.24, 2.45) is 0 Å². The Bertz CT molecular complexity index is 604. The first kappa shape index (κ1) is 9.51. The van der Waals surface area contributed by atoms with Crippen LogP contribution in [0.1, 0.15) is 17.5 Å². The van der Waals surface area contributed by atoms with E-state index in [4.69, 9.17) is 0 Å². The van der Waals surface area contributed by atoms with Gasteiger partial charge in [-0.15, -0.1) is 0 Å². The number of benzene rings is 1. The molecule has 0 amide bonds. The van der Waals surface area contributed by atoms with E-state index in [0.717, 1.165) is 0 Å². The Morgan fingerprint density at radius 2 is 2.20 bits per heavy atom. The molecule has 0 unspecified atom stereocenters. The summed E-state index contributed by atoms with van der Waals surface area (Å²) >= 11 is 0. The maximum absolute atomic E-state index is 13.3. The molecule has 5 heteroatoms. The molecule has 15 heavy (non-hydrogen) atoms. The van der Waals surface area contributed by atoms with Gasteiger partial charge in [0.15, 0.2) is 11.6 Å². The number of H-pyrrole nitrogens is 1. The summed E-state index contributed by atoms with van der Waals surface area (Å²) in [5.41, 5.74) is -0.587. The van der Waals surface area contributed by atoms with Crippen LogP contribution in [0.5, 0.6) is 0 Å². The Morgan fingerprint density at radius 1 is 1.47 bits per heavy atom. The Kier molecular flexibility index (Phi) is 2.07. The second kappa shape index (κ2) is 3.27. The van der Waals surface area contributed by atoms with Gasteiger partial charge >= 0.3 is 0 Å². The lowest BCUT2D eigenvalue weighted by Gasteiger charge is -1.99. The molecule has 0 bridgehead atoms. The third-order valence-corrected chi connectivity index (χ3v) is 2.02. The Labute approximate surface area is 83.8 Å². The standard InChI is InChI=1S/C10H7FN2O2/c1-5(14)9-12-8-6(10(15)13-9)3-2-4-7(8)11/h2-4H,1H3,(H,12,13,15). The largest absolute Gasteiger partial charge is 0.303 e. The highest BCUT2D eigenvalue weighted by atomic mass is 19.1. The van der Waals surface area contributed by atoms with Crippen molar-refractivity contribution in [1.29, 1.82) is 0 Å². The number of carbonyl (C=O) groups excluding carboxylic acids is 1. The first-order valence-electron chi connectivity index (χ1n) is 4.29. The fourth-order valence-electron chi connectivity index (χ4n) is 1.29. The third-order valence-electron chi connectivity index (χ3n) is 2.02. The zero-order chi connectivity index (χ0) is 11.0. The zero-order valence-corrected chi connectivity index (χ0v) is 7.87. The van der Waals surface area contributed by atoms with Crippen LogP contribution < -0.4 is 5.56 Å². The maximum Gasteiger partial charge on any atom is 0.259 e. The monoisotopic (exact) mass is 206 g/mol. The molecule has 4 nitrogen and oxygen atoms in total. The van der Waals surface area contributed by atoms with Crippen LogP contribution in [0.15, 0.2) is 23.0 Å². The molecule has 1 aromatic carbocycles. The minimum Gasteiger partial charge on any atom is -0.303 e. The van der Waals surface area contributed by atoms with Gasteiger partial charge in [-0.05, 0) is 12.1 Å². The number of rotatable bonds is 1. The summed E-state index contributed by atoms with van der Waals surface area (Å²) in [7, 11) is 0. The fraction of sp³-hybridized carbons (Fsp3) is 0.100. The van der Waals surface area contributed by atoms with Gasteiger partial charge in [0.25, 0.3) is 5.56 Å². The van der Waals surface area contributed by atoms with Gasteiger partial charge in [-0.2, -0.15) is 0 Å². The molecule has 1 heterocycles. The van der Waals surface area contributed by atoms with E-state index in [1.165, 1.54) is 25.1 Å². The maximum atomic E-state index is 13.3. The van der Waals surface area contributed by atoms with E-state index < -0.39 is 17.2 Å². The van der Waals surface area contributed by atoms with Crippen molar-refractivity contribution in [3.8, 4) is 0 Å². The summed E-state index contributed by atoms with van der Waals surface area (Å²) in [6, 6.07) is 4.06. The van der Waals surface area contributed by atoms with E-state index in [9.17, 15) is 14.0 Å². The second-order valence-corrected chi connectivity index (χ2v) is 3.11. The Morgan fingerprint density at radius 3 is 2.87 bits per heavy atom. The first-order valence-corrected chi connectivity index (χ1v) is 4.29. The number of aromatic amines is 1.